The molecule has 2 rings (SSSR count). The van der Waals surface area contributed by atoms with Gasteiger partial charge < -0.3 is 10.4 Å². The zero-order chi connectivity index (χ0) is 15.4. The molecule has 2 aromatic rings. The second-order valence-electron chi connectivity index (χ2n) is 4.75. The van der Waals surface area contributed by atoms with E-state index in [1.54, 1.807) is 18.2 Å². The zero-order valence-electron chi connectivity index (χ0n) is 11.8. The summed E-state index contributed by atoms with van der Waals surface area (Å²) in [6.45, 7) is 1.89. The Morgan fingerprint density at radius 2 is 2.14 bits per heavy atom. The Morgan fingerprint density at radius 3 is 2.81 bits per heavy atom. The minimum Gasteiger partial charge on any atom is -0.395 e. The molecule has 6 heteroatoms. The number of thioether (sulfide) groups is 1. The van der Waals surface area contributed by atoms with Gasteiger partial charge >= 0.3 is 0 Å². The van der Waals surface area contributed by atoms with Crippen molar-refractivity contribution in [3.8, 4) is 0 Å². The molecule has 0 spiro atoms. The molecule has 1 heterocycles. The number of carbonyl (C=O) groups is 1. The van der Waals surface area contributed by atoms with E-state index in [0.717, 1.165) is 5.39 Å². The second-order valence-corrected chi connectivity index (χ2v) is 6.27. The molecule has 1 aromatic heterocycles. The molecule has 112 valence electrons. The first-order valence-electron chi connectivity index (χ1n) is 6.56. The maximum absolute atomic E-state index is 12.2. The van der Waals surface area contributed by atoms with Crippen molar-refractivity contribution in [2.24, 2.45) is 0 Å². The molecule has 0 bridgehead atoms. The number of pyridine rings is 1. The van der Waals surface area contributed by atoms with E-state index in [4.69, 9.17) is 11.6 Å². The molecule has 2 N–H and O–H groups in total. The molecule has 1 aromatic carbocycles. The molecule has 21 heavy (non-hydrogen) atoms. The number of fused-ring (bicyclic) bond motifs is 1. The van der Waals surface area contributed by atoms with Gasteiger partial charge in [-0.2, -0.15) is 11.8 Å². The fraction of sp³-hybridized carbons (Fsp3) is 0.333. The van der Waals surface area contributed by atoms with Gasteiger partial charge in [0.05, 0.1) is 12.1 Å². The third-order valence-electron chi connectivity index (χ3n) is 3.29. The van der Waals surface area contributed by atoms with Crippen molar-refractivity contribution < 1.29 is 9.90 Å². The van der Waals surface area contributed by atoms with Crippen molar-refractivity contribution in [3.05, 3.63) is 41.0 Å². The normalized spacial score (nSPS) is 13.9. The van der Waals surface area contributed by atoms with Crippen molar-refractivity contribution in [3.63, 3.8) is 0 Å². The van der Waals surface area contributed by atoms with E-state index in [1.165, 1.54) is 11.8 Å². The molecule has 0 fully saturated rings. The summed E-state index contributed by atoms with van der Waals surface area (Å²) in [6.07, 6.45) is 1.90. The second kappa shape index (κ2) is 7.11. The molecule has 1 amide bonds. The van der Waals surface area contributed by atoms with Crippen LogP contribution in [0.25, 0.3) is 10.9 Å². The van der Waals surface area contributed by atoms with Crippen molar-refractivity contribution in [1.29, 1.82) is 0 Å². The van der Waals surface area contributed by atoms with Crippen LogP contribution < -0.4 is 5.32 Å². The lowest BCUT2D eigenvalue weighted by atomic mass is 10.2. The van der Waals surface area contributed by atoms with Gasteiger partial charge in [-0.1, -0.05) is 23.7 Å². The van der Waals surface area contributed by atoms with Gasteiger partial charge in [0.25, 0.3) is 5.91 Å². The van der Waals surface area contributed by atoms with E-state index in [-0.39, 0.29) is 23.8 Å². The first-order valence-corrected chi connectivity index (χ1v) is 8.22. The maximum Gasteiger partial charge on any atom is 0.270 e. The van der Waals surface area contributed by atoms with Crippen LogP contribution in [0.2, 0.25) is 5.02 Å². The highest BCUT2D eigenvalue weighted by Gasteiger charge is 2.18. The number of aliphatic hydroxyl groups excluding tert-OH is 1. The van der Waals surface area contributed by atoms with Crippen LogP contribution in [0.3, 0.4) is 0 Å². The van der Waals surface area contributed by atoms with Crippen LogP contribution in [0.4, 0.5) is 0 Å². The number of aromatic nitrogens is 1. The van der Waals surface area contributed by atoms with Crippen molar-refractivity contribution in [1.82, 2.24) is 10.3 Å². The van der Waals surface area contributed by atoms with Gasteiger partial charge in [-0.15, -0.1) is 0 Å². The van der Waals surface area contributed by atoms with Gasteiger partial charge in [-0.3, -0.25) is 4.79 Å². The van der Waals surface area contributed by atoms with Crippen LogP contribution in [-0.2, 0) is 0 Å². The van der Waals surface area contributed by atoms with Crippen LogP contribution >= 0.6 is 23.4 Å². The van der Waals surface area contributed by atoms with Crippen LogP contribution in [-0.4, -0.2) is 40.2 Å². The molecule has 0 aliphatic rings. The van der Waals surface area contributed by atoms with E-state index in [1.807, 2.05) is 25.3 Å². The molecule has 2 unspecified atom stereocenters. The van der Waals surface area contributed by atoms with Crippen LogP contribution in [0.1, 0.15) is 17.4 Å². The van der Waals surface area contributed by atoms with Gasteiger partial charge in [0, 0.05) is 21.7 Å². The summed E-state index contributed by atoms with van der Waals surface area (Å²) in [7, 11) is 0. The number of nitrogens with zero attached hydrogens (tertiary/aromatic N) is 1. The fourth-order valence-electron chi connectivity index (χ4n) is 2.03. The van der Waals surface area contributed by atoms with Gasteiger partial charge in [-0.25, -0.2) is 4.98 Å². The lowest BCUT2D eigenvalue weighted by Gasteiger charge is -2.21. The van der Waals surface area contributed by atoms with Gasteiger partial charge in [-0.05, 0) is 31.4 Å². The molecule has 0 aliphatic carbocycles. The van der Waals surface area contributed by atoms with Crippen molar-refractivity contribution in [2.75, 3.05) is 12.9 Å². The first kappa shape index (κ1) is 16.1. The van der Waals surface area contributed by atoms with Crippen molar-refractivity contribution in [2.45, 2.75) is 18.2 Å². The lowest BCUT2D eigenvalue weighted by molar-refractivity contribution is 0.0931. The molecule has 0 saturated carbocycles. The number of hydrogen-bond acceptors (Lipinski definition) is 4. The SMILES string of the molecule is CSC(CO)C(C)NC(=O)c1ccc2ccc(Cl)cc2n1. The third-order valence-corrected chi connectivity index (χ3v) is 4.68. The highest BCUT2D eigenvalue weighted by molar-refractivity contribution is 7.99. The smallest absolute Gasteiger partial charge is 0.270 e. The maximum atomic E-state index is 12.2. The number of hydrogen-bond donors (Lipinski definition) is 2. The predicted molar refractivity (Wildman–Crippen MR) is 88.1 cm³/mol. The average Bonchev–Trinajstić information content (AvgIpc) is 2.47. The summed E-state index contributed by atoms with van der Waals surface area (Å²) in [5.41, 5.74) is 1.03. The topological polar surface area (TPSA) is 62.2 Å². The standard InChI is InChI=1S/C15H17ClN2O2S/c1-9(14(8-19)21-2)17-15(20)12-6-4-10-3-5-11(16)7-13(10)18-12/h3-7,9,14,19H,8H2,1-2H3,(H,17,20). The summed E-state index contributed by atoms with van der Waals surface area (Å²) in [4.78, 5) is 16.6. The molecule has 4 nitrogen and oxygen atoms in total. The predicted octanol–water partition coefficient (Wildman–Crippen LogP) is 2.73. The molecular weight excluding hydrogens is 308 g/mol. The monoisotopic (exact) mass is 324 g/mol. The summed E-state index contributed by atoms with van der Waals surface area (Å²) in [5, 5.41) is 13.6. The van der Waals surface area contributed by atoms with E-state index >= 15 is 0 Å². The molecule has 0 aliphatic heterocycles. The highest BCUT2D eigenvalue weighted by Crippen LogP contribution is 2.18. The number of nitrogens with one attached hydrogen (secondary N) is 1. The quantitative estimate of drug-likeness (QED) is 0.887. The Labute approximate surface area is 132 Å². The summed E-state index contributed by atoms with van der Waals surface area (Å²) in [5.74, 6) is -0.253. The van der Waals surface area contributed by atoms with E-state index in [9.17, 15) is 9.90 Å². The van der Waals surface area contributed by atoms with Crippen LogP contribution in [0.15, 0.2) is 30.3 Å². The fourth-order valence-corrected chi connectivity index (χ4v) is 2.82. The van der Waals surface area contributed by atoms with Crippen LogP contribution in [0, 0.1) is 0 Å². The first-order chi connectivity index (χ1) is 10.0. The van der Waals surface area contributed by atoms with E-state index < -0.39 is 0 Å². The van der Waals surface area contributed by atoms with Crippen molar-refractivity contribution >= 4 is 40.2 Å². The molecular formula is C15H17ClN2O2S. The van der Waals surface area contributed by atoms with Gasteiger partial charge in [0.15, 0.2) is 0 Å². The number of carbonyl (C=O) groups excluding carboxylic acids is 1. The minimum atomic E-state index is -0.253. The molecule has 0 radical (unpaired) electrons. The van der Waals surface area contributed by atoms with E-state index in [2.05, 4.69) is 10.3 Å². The Bertz CT molecular complexity index is 647. The van der Waals surface area contributed by atoms with Crippen LogP contribution in [0.5, 0.6) is 0 Å². The Hall–Kier alpha value is -1.30. The Balaban J connectivity index is 2.19. The number of benzene rings is 1. The summed E-state index contributed by atoms with van der Waals surface area (Å²) >= 11 is 7.46. The third kappa shape index (κ3) is 3.87. The average molecular weight is 325 g/mol. The Morgan fingerprint density at radius 1 is 1.43 bits per heavy atom. The lowest BCUT2D eigenvalue weighted by Crippen LogP contribution is -2.41. The van der Waals surface area contributed by atoms with E-state index in [0.29, 0.717) is 16.2 Å². The molecule has 0 saturated heterocycles. The number of amides is 1. The highest BCUT2D eigenvalue weighted by atomic mass is 35.5. The summed E-state index contributed by atoms with van der Waals surface area (Å²) in [6, 6.07) is 8.77. The number of rotatable bonds is 5. The largest absolute Gasteiger partial charge is 0.395 e. The number of halogens is 1. The van der Waals surface area contributed by atoms with Gasteiger partial charge in [0.1, 0.15) is 5.69 Å². The summed E-state index contributed by atoms with van der Waals surface area (Å²) < 4.78 is 0. The zero-order valence-corrected chi connectivity index (χ0v) is 13.4. The molecule has 2 atom stereocenters. The number of aliphatic hydroxyl groups is 1. The van der Waals surface area contributed by atoms with Gasteiger partial charge in [0.2, 0.25) is 0 Å². The Kier molecular flexibility index (Phi) is 5.45. The minimum absolute atomic E-state index is 0.0172.